The number of aliphatic hydroxyl groups excluding tert-OH is 1. The van der Waals surface area contributed by atoms with Gasteiger partial charge >= 0.3 is 6.03 Å². The molecule has 9 nitrogen and oxygen atoms in total. The summed E-state index contributed by atoms with van der Waals surface area (Å²) in [7, 11) is 1.63. The number of aromatic nitrogens is 3. The summed E-state index contributed by atoms with van der Waals surface area (Å²) in [6.07, 6.45) is 3.42. The molecule has 1 aromatic heterocycles. The van der Waals surface area contributed by atoms with Gasteiger partial charge in [-0.25, -0.2) is 9.18 Å². The minimum Gasteiger partial charge on any atom is -0.497 e. The lowest BCUT2D eigenvalue weighted by atomic mass is 9.97. The summed E-state index contributed by atoms with van der Waals surface area (Å²) in [6, 6.07) is 12.4. The van der Waals surface area contributed by atoms with Gasteiger partial charge in [-0.3, -0.25) is 4.68 Å². The maximum absolute atomic E-state index is 13.0. The van der Waals surface area contributed by atoms with E-state index in [9.17, 15) is 14.3 Å². The number of methoxy groups -OCH3 is 1. The molecule has 180 valence electrons. The highest BCUT2D eigenvalue weighted by atomic mass is 19.1. The van der Waals surface area contributed by atoms with Crippen molar-refractivity contribution in [2.75, 3.05) is 19.0 Å². The minimum atomic E-state index is -0.511. The first-order valence-electron chi connectivity index (χ1n) is 11.2. The molecular formula is C24H28FN5O4. The van der Waals surface area contributed by atoms with Crippen LogP contribution in [0.2, 0.25) is 0 Å². The van der Waals surface area contributed by atoms with Crippen molar-refractivity contribution in [2.24, 2.45) is 0 Å². The fourth-order valence-corrected chi connectivity index (χ4v) is 3.96. The largest absolute Gasteiger partial charge is 0.497 e. The number of hydrogen-bond donors (Lipinski definition) is 3. The second kappa shape index (κ2) is 11.1. The van der Waals surface area contributed by atoms with Crippen LogP contribution in [-0.4, -0.2) is 58.1 Å². The smallest absolute Gasteiger partial charge is 0.319 e. The van der Waals surface area contributed by atoms with Crippen LogP contribution in [0.4, 0.5) is 14.9 Å². The number of anilines is 1. The van der Waals surface area contributed by atoms with E-state index in [1.54, 1.807) is 11.8 Å². The van der Waals surface area contributed by atoms with Crippen LogP contribution >= 0.6 is 0 Å². The Bertz CT molecular complexity index is 1070. The third-order valence-corrected chi connectivity index (χ3v) is 5.82. The van der Waals surface area contributed by atoms with Gasteiger partial charge in [-0.05, 0) is 67.8 Å². The third-order valence-electron chi connectivity index (χ3n) is 5.82. The SMILES string of the molecule is COc1ccc(-c2cn(CC[C@@H]3CC[C@H](NC(=O)Nc4ccc(F)cc4)[C@@H](CO)O3)nn2)cc1. The number of ether oxygens (including phenoxy) is 2. The molecule has 1 aliphatic rings. The van der Waals surface area contributed by atoms with E-state index in [-0.39, 0.29) is 24.6 Å². The number of halogens is 1. The molecule has 0 aliphatic carbocycles. The number of amides is 2. The van der Waals surface area contributed by atoms with E-state index in [0.717, 1.165) is 23.4 Å². The second-order valence-corrected chi connectivity index (χ2v) is 8.15. The average Bonchev–Trinajstić information content (AvgIpc) is 3.34. The van der Waals surface area contributed by atoms with E-state index < -0.39 is 12.1 Å². The molecule has 34 heavy (non-hydrogen) atoms. The summed E-state index contributed by atoms with van der Waals surface area (Å²) in [5.74, 6) is 0.408. The summed E-state index contributed by atoms with van der Waals surface area (Å²) in [5.41, 5.74) is 2.21. The zero-order valence-electron chi connectivity index (χ0n) is 18.9. The fraction of sp³-hybridized carbons (Fsp3) is 0.375. The molecule has 3 N–H and O–H groups in total. The van der Waals surface area contributed by atoms with E-state index in [1.165, 1.54) is 24.3 Å². The van der Waals surface area contributed by atoms with Gasteiger partial charge < -0.3 is 25.2 Å². The Labute approximate surface area is 196 Å². The molecule has 0 spiro atoms. The maximum atomic E-state index is 13.0. The molecule has 4 rings (SSSR count). The highest BCUT2D eigenvalue weighted by Crippen LogP contribution is 2.24. The number of nitrogens with zero attached hydrogens (tertiary/aromatic N) is 3. The molecule has 3 aromatic rings. The van der Waals surface area contributed by atoms with Crippen molar-refractivity contribution in [3.63, 3.8) is 0 Å². The first kappa shape index (κ1) is 23.7. The van der Waals surface area contributed by atoms with E-state index in [4.69, 9.17) is 9.47 Å². The summed E-state index contributed by atoms with van der Waals surface area (Å²) in [5, 5.41) is 23.7. The summed E-state index contributed by atoms with van der Waals surface area (Å²) in [4.78, 5) is 12.3. The van der Waals surface area contributed by atoms with Crippen molar-refractivity contribution in [3.8, 4) is 17.0 Å². The molecule has 1 saturated heterocycles. The van der Waals surface area contributed by atoms with Crippen molar-refractivity contribution in [3.05, 3.63) is 60.5 Å². The van der Waals surface area contributed by atoms with Gasteiger partial charge in [-0.2, -0.15) is 0 Å². The van der Waals surface area contributed by atoms with Crippen molar-refractivity contribution in [2.45, 2.75) is 44.1 Å². The summed E-state index contributed by atoms with van der Waals surface area (Å²) < 4.78 is 26.0. The Hall–Kier alpha value is -3.50. The van der Waals surface area contributed by atoms with Crippen molar-refractivity contribution >= 4 is 11.7 Å². The molecule has 1 fully saturated rings. The summed E-state index contributed by atoms with van der Waals surface area (Å²) in [6.45, 7) is 0.415. The van der Waals surface area contributed by atoms with Crippen molar-refractivity contribution in [1.29, 1.82) is 0 Å². The normalized spacial score (nSPS) is 20.0. The Kier molecular flexibility index (Phi) is 7.71. The average molecular weight is 470 g/mol. The number of urea groups is 1. The number of hydrogen-bond acceptors (Lipinski definition) is 6. The van der Waals surface area contributed by atoms with Crippen LogP contribution < -0.4 is 15.4 Å². The van der Waals surface area contributed by atoms with Crippen LogP contribution in [0, 0.1) is 5.82 Å². The van der Waals surface area contributed by atoms with E-state index >= 15 is 0 Å². The molecular weight excluding hydrogens is 441 g/mol. The number of carbonyl (C=O) groups is 1. The van der Waals surface area contributed by atoms with Gasteiger partial charge in [-0.1, -0.05) is 5.21 Å². The lowest BCUT2D eigenvalue weighted by molar-refractivity contribution is -0.0905. The van der Waals surface area contributed by atoms with E-state index in [1.807, 2.05) is 30.5 Å². The van der Waals surface area contributed by atoms with Crippen LogP contribution in [0.1, 0.15) is 19.3 Å². The third kappa shape index (κ3) is 6.09. The molecule has 3 atom stereocenters. The van der Waals surface area contributed by atoms with Gasteiger partial charge in [0.25, 0.3) is 0 Å². The predicted molar refractivity (Wildman–Crippen MR) is 124 cm³/mol. The van der Waals surface area contributed by atoms with Gasteiger partial charge in [0, 0.05) is 17.8 Å². The van der Waals surface area contributed by atoms with Crippen LogP contribution in [0.5, 0.6) is 5.75 Å². The fourth-order valence-electron chi connectivity index (χ4n) is 3.96. The Morgan fingerprint density at radius 1 is 1.21 bits per heavy atom. The molecule has 1 aliphatic heterocycles. The maximum Gasteiger partial charge on any atom is 0.319 e. The Morgan fingerprint density at radius 2 is 1.97 bits per heavy atom. The number of benzene rings is 2. The lowest BCUT2D eigenvalue weighted by Gasteiger charge is -2.36. The summed E-state index contributed by atoms with van der Waals surface area (Å²) >= 11 is 0. The molecule has 2 heterocycles. The van der Waals surface area contributed by atoms with Crippen LogP contribution in [-0.2, 0) is 11.3 Å². The van der Waals surface area contributed by atoms with Gasteiger partial charge in [0.1, 0.15) is 23.4 Å². The Balaban J connectivity index is 1.25. The second-order valence-electron chi connectivity index (χ2n) is 8.15. The number of nitrogens with one attached hydrogen (secondary N) is 2. The minimum absolute atomic E-state index is 0.0657. The van der Waals surface area contributed by atoms with Crippen molar-refractivity contribution in [1.82, 2.24) is 20.3 Å². The van der Waals surface area contributed by atoms with E-state index in [2.05, 4.69) is 20.9 Å². The highest BCUT2D eigenvalue weighted by Gasteiger charge is 2.31. The van der Waals surface area contributed by atoms with Gasteiger partial charge in [0.15, 0.2) is 0 Å². The zero-order valence-corrected chi connectivity index (χ0v) is 18.9. The number of carbonyl (C=O) groups excluding carboxylic acids is 1. The number of aryl methyl sites for hydroxylation is 1. The molecule has 2 aromatic carbocycles. The van der Waals surface area contributed by atoms with Crippen LogP contribution in [0.15, 0.2) is 54.7 Å². The molecule has 0 radical (unpaired) electrons. The van der Waals surface area contributed by atoms with E-state index in [0.29, 0.717) is 25.1 Å². The quantitative estimate of drug-likeness (QED) is 0.467. The predicted octanol–water partition coefficient (Wildman–Crippen LogP) is 3.21. The standard InChI is InChI=1S/C24H28FN5O4/c1-33-19-8-2-16(3-9-19)22-14-30(29-28-22)13-12-20-10-11-21(23(15-31)34-20)27-24(32)26-18-6-4-17(25)5-7-18/h2-9,14,20-21,23,31H,10-13,15H2,1H3,(H2,26,27,32)/t20-,21-,23+/m0/s1. The molecule has 2 amide bonds. The highest BCUT2D eigenvalue weighted by molar-refractivity contribution is 5.89. The first-order valence-corrected chi connectivity index (χ1v) is 11.2. The van der Waals surface area contributed by atoms with Crippen LogP contribution in [0.3, 0.4) is 0 Å². The topological polar surface area (TPSA) is 111 Å². The van der Waals surface area contributed by atoms with Gasteiger partial charge in [0.2, 0.25) is 0 Å². The number of rotatable bonds is 8. The molecule has 0 bridgehead atoms. The van der Waals surface area contributed by atoms with Gasteiger partial charge in [-0.15, -0.1) is 5.10 Å². The van der Waals surface area contributed by atoms with Gasteiger partial charge in [0.05, 0.1) is 32.1 Å². The lowest BCUT2D eigenvalue weighted by Crippen LogP contribution is -2.52. The molecule has 10 heteroatoms. The first-order chi connectivity index (χ1) is 16.5. The zero-order chi connectivity index (χ0) is 23.9. The molecule has 0 unspecified atom stereocenters. The number of aliphatic hydroxyl groups is 1. The molecule has 0 saturated carbocycles. The Morgan fingerprint density at radius 3 is 2.68 bits per heavy atom. The van der Waals surface area contributed by atoms with Crippen LogP contribution in [0.25, 0.3) is 11.3 Å². The van der Waals surface area contributed by atoms with Crippen molar-refractivity contribution < 1.29 is 23.8 Å². The monoisotopic (exact) mass is 469 g/mol.